The van der Waals surface area contributed by atoms with E-state index in [1.54, 1.807) is 29.8 Å². The van der Waals surface area contributed by atoms with E-state index in [4.69, 9.17) is 4.98 Å². The van der Waals surface area contributed by atoms with Gasteiger partial charge in [-0.25, -0.2) is 4.98 Å². The molecule has 1 aliphatic rings. The fourth-order valence-corrected chi connectivity index (χ4v) is 4.03. The Kier molecular flexibility index (Phi) is 3.49. The molecule has 0 bridgehead atoms. The number of carbonyl (C=O) groups excluding carboxylic acids is 1. The SMILES string of the molecule is CNc1nc([C@@H]2CCN(C(=O)c3cccnc3)C2)c2sccn12. The first-order chi connectivity index (χ1) is 11.3. The van der Waals surface area contributed by atoms with E-state index in [9.17, 15) is 4.79 Å². The fraction of sp³-hybridized carbons (Fsp3) is 0.312. The first-order valence-electron chi connectivity index (χ1n) is 7.60. The number of hydrogen-bond acceptors (Lipinski definition) is 5. The normalized spacial score (nSPS) is 17.8. The smallest absolute Gasteiger partial charge is 0.255 e. The van der Waals surface area contributed by atoms with Gasteiger partial charge in [-0.05, 0) is 18.6 Å². The van der Waals surface area contributed by atoms with Gasteiger partial charge in [-0.3, -0.25) is 14.2 Å². The number of imidazole rings is 1. The predicted octanol–water partition coefficient (Wildman–Crippen LogP) is 2.46. The number of anilines is 1. The van der Waals surface area contributed by atoms with Gasteiger partial charge in [0.25, 0.3) is 5.91 Å². The zero-order valence-corrected chi connectivity index (χ0v) is 13.6. The standard InChI is InChI=1S/C16H17N5OS/c1-17-16-19-13(15-21(16)7-8-23-15)12-4-6-20(10-12)14(22)11-3-2-5-18-9-11/h2-3,5,7-9,12H,4,6,10H2,1H3,(H,17,19)/t12-/m1/s1. The molecule has 1 aliphatic heterocycles. The highest BCUT2D eigenvalue weighted by Gasteiger charge is 2.31. The average Bonchev–Trinajstić information content (AvgIpc) is 3.30. The fourth-order valence-electron chi connectivity index (χ4n) is 3.13. The van der Waals surface area contributed by atoms with Crippen molar-refractivity contribution in [2.24, 2.45) is 0 Å². The first-order valence-corrected chi connectivity index (χ1v) is 8.48. The van der Waals surface area contributed by atoms with E-state index in [1.165, 1.54) is 0 Å². The van der Waals surface area contributed by atoms with Gasteiger partial charge in [-0.1, -0.05) is 0 Å². The van der Waals surface area contributed by atoms with Gasteiger partial charge in [0, 0.05) is 50.0 Å². The second kappa shape index (κ2) is 5.66. The van der Waals surface area contributed by atoms with Crippen molar-refractivity contribution >= 4 is 28.0 Å². The molecule has 0 aliphatic carbocycles. The molecule has 7 heteroatoms. The van der Waals surface area contributed by atoms with E-state index >= 15 is 0 Å². The first kappa shape index (κ1) is 14.2. The summed E-state index contributed by atoms with van der Waals surface area (Å²) in [5.41, 5.74) is 1.74. The van der Waals surface area contributed by atoms with Gasteiger partial charge in [-0.15, -0.1) is 11.3 Å². The number of likely N-dealkylation sites (tertiary alicyclic amines) is 1. The molecule has 1 saturated heterocycles. The van der Waals surface area contributed by atoms with Gasteiger partial charge >= 0.3 is 0 Å². The summed E-state index contributed by atoms with van der Waals surface area (Å²) in [6.45, 7) is 1.47. The lowest BCUT2D eigenvalue weighted by molar-refractivity contribution is 0.0790. The van der Waals surface area contributed by atoms with Crippen LogP contribution >= 0.6 is 11.3 Å². The summed E-state index contributed by atoms with van der Waals surface area (Å²) >= 11 is 1.69. The minimum atomic E-state index is 0.0519. The molecule has 4 rings (SSSR count). The quantitative estimate of drug-likeness (QED) is 0.803. The Morgan fingerprint density at radius 1 is 1.48 bits per heavy atom. The van der Waals surface area contributed by atoms with E-state index in [2.05, 4.69) is 20.1 Å². The van der Waals surface area contributed by atoms with Crippen LogP contribution in [0.5, 0.6) is 0 Å². The molecule has 1 N–H and O–H groups in total. The number of thiazole rings is 1. The molecule has 1 amide bonds. The third-order valence-electron chi connectivity index (χ3n) is 4.28. The van der Waals surface area contributed by atoms with Gasteiger partial charge in [0.05, 0.1) is 11.3 Å². The van der Waals surface area contributed by atoms with Crippen LogP contribution in [0.3, 0.4) is 0 Å². The lowest BCUT2D eigenvalue weighted by Gasteiger charge is -2.15. The monoisotopic (exact) mass is 327 g/mol. The van der Waals surface area contributed by atoms with Crippen LogP contribution in [0.4, 0.5) is 5.95 Å². The van der Waals surface area contributed by atoms with Gasteiger partial charge < -0.3 is 10.2 Å². The van der Waals surface area contributed by atoms with Gasteiger partial charge in [-0.2, -0.15) is 0 Å². The van der Waals surface area contributed by atoms with Crippen LogP contribution in [0.15, 0.2) is 36.1 Å². The van der Waals surface area contributed by atoms with E-state index in [1.807, 2.05) is 24.2 Å². The largest absolute Gasteiger partial charge is 0.358 e. The van der Waals surface area contributed by atoms with Crippen molar-refractivity contribution in [3.8, 4) is 0 Å². The Bertz CT molecular complexity index is 841. The molecule has 1 atom stereocenters. The van der Waals surface area contributed by atoms with Gasteiger partial charge in [0.1, 0.15) is 4.83 Å². The molecular weight excluding hydrogens is 310 g/mol. The molecule has 0 spiro atoms. The Hall–Kier alpha value is -2.41. The number of carbonyl (C=O) groups is 1. The van der Waals surface area contributed by atoms with Crippen molar-refractivity contribution in [1.29, 1.82) is 0 Å². The Balaban J connectivity index is 1.58. The Labute approximate surface area is 137 Å². The number of amides is 1. The zero-order valence-electron chi connectivity index (χ0n) is 12.8. The zero-order chi connectivity index (χ0) is 15.8. The van der Waals surface area contributed by atoms with Crippen LogP contribution in [0, 0.1) is 0 Å². The number of nitrogens with one attached hydrogen (secondary N) is 1. The van der Waals surface area contributed by atoms with E-state index in [-0.39, 0.29) is 11.8 Å². The van der Waals surface area contributed by atoms with E-state index < -0.39 is 0 Å². The number of pyridine rings is 1. The minimum Gasteiger partial charge on any atom is -0.358 e. The van der Waals surface area contributed by atoms with E-state index in [0.717, 1.165) is 29.4 Å². The van der Waals surface area contributed by atoms with Crippen LogP contribution in [-0.4, -0.2) is 45.3 Å². The summed E-state index contributed by atoms with van der Waals surface area (Å²) in [5, 5.41) is 5.19. The molecule has 4 heterocycles. The Morgan fingerprint density at radius 3 is 3.17 bits per heavy atom. The average molecular weight is 327 g/mol. The Morgan fingerprint density at radius 2 is 2.39 bits per heavy atom. The second-order valence-corrected chi connectivity index (χ2v) is 6.52. The van der Waals surface area contributed by atoms with Crippen molar-refractivity contribution in [2.45, 2.75) is 12.3 Å². The van der Waals surface area contributed by atoms with Gasteiger partial charge in [0.2, 0.25) is 5.95 Å². The molecule has 0 unspecified atom stereocenters. The van der Waals surface area contributed by atoms with Crippen LogP contribution in [-0.2, 0) is 0 Å². The van der Waals surface area contributed by atoms with Crippen LogP contribution < -0.4 is 5.32 Å². The second-order valence-electron chi connectivity index (χ2n) is 5.63. The summed E-state index contributed by atoms with van der Waals surface area (Å²) < 4.78 is 2.07. The maximum absolute atomic E-state index is 12.5. The maximum Gasteiger partial charge on any atom is 0.255 e. The summed E-state index contributed by atoms with van der Waals surface area (Å²) in [7, 11) is 1.88. The number of hydrogen-bond donors (Lipinski definition) is 1. The van der Waals surface area contributed by atoms with E-state index in [0.29, 0.717) is 12.1 Å². The minimum absolute atomic E-state index is 0.0519. The van der Waals surface area contributed by atoms with Crippen LogP contribution in [0.2, 0.25) is 0 Å². The molecule has 23 heavy (non-hydrogen) atoms. The molecular formula is C16H17N5OS. The molecule has 6 nitrogen and oxygen atoms in total. The van der Waals surface area contributed by atoms with Crippen LogP contribution in [0.1, 0.15) is 28.4 Å². The number of aromatic nitrogens is 3. The maximum atomic E-state index is 12.5. The highest BCUT2D eigenvalue weighted by Crippen LogP contribution is 2.33. The summed E-state index contributed by atoms with van der Waals surface area (Å²) in [6, 6.07) is 3.61. The lowest BCUT2D eigenvalue weighted by atomic mass is 10.1. The molecule has 0 saturated carbocycles. The molecule has 0 aromatic carbocycles. The summed E-state index contributed by atoms with van der Waals surface area (Å²) in [4.78, 5) is 24.4. The summed E-state index contributed by atoms with van der Waals surface area (Å²) in [5.74, 6) is 1.19. The van der Waals surface area contributed by atoms with Crippen molar-refractivity contribution in [2.75, 3.05) is 25.5 Å². The highest BCUT2D eigenvalue weighted by atomic mass is 32.1. The number of fused-ring (bicyclic) bond motifs is 1. The molecule has 3 aromatic rings. The molecule has 118 valence electrons. The van der Waals surface area contributed by atoms with Crippen LogP contribution in [0.25, 0.3) is 4.83 Å². The van der Waals surface area contributed by atoms with Crippen molar-refractivity contribution in [3.05, 3.63) is 47.4 Å². The van der Waals surface area contributed by atoms with Crippen molar-refractivity contribution in [3.63, 3.8) is 0 Å². The molecule has 3 aromatic heterocycles. The molecule has 0 radical (unpaired) electrons. The van der Waals surface area contributed by atoms with Crippen molar-refractivity contribution < 1.29 is 4.79 Å². The summed E-state index contributed by atoms with van der Waals surface area (Å²) in [6.07, 6.45) is 6.28. The third-order valence-corrected chi connectivity index (χ3v) is 5.16. The number of rotatable bonds is 3. The molecule has 1 fully saturated rings. The number of nitrogens with zero attached hydrogens (tertiary/aromatic N) is 4. The van der Waals surface area contributed by atoms with Crippen molar-refractivity contribution in [1.82, 2.24) is 19.3 Å². The third kappa shape index (κ3) is 2.37. The predicted molar refractivity (Wildman–Crippen MR) is 90.1 cm³/mol. The van der Waals surface area contributed by atoms with Gasteiger partial charge in [0.15, 0.2) is 0 Å². The topological polar surface area (TPSA) is 62.5 Å². The highest BCUT2D eigenvalue weighted by molar-refractivity contribution is 7.15. The lowest BCUT2D eigenvalue weighted by Crippen LogP contribution is -2.28.